The number of allylic oxidation sites excluding steroid dienone is 1. The van der Waals surface area contributed by atoms with E-state index < -0.39 is 0 Å². The van der Waals surface area contributed by atoms with E-state index in [2.05, 4.69) is 40.7 Å². The Labute approximate surface area is 174 Å². The van der Waals surface area contributed by atoms with Gasteiger partial charge in [0.2, 0.25) is 0 Å². The van der Waals surface area contributed by atoms with Gasteiger partial charge < -0.3 is 5.11 Å². The van der Waals surface area contributed by atoms with E-state index in [4.69, 9.17) is 0 Å². The van der Waals surface area contributed by atoms with Gasteiger partial charge in [-0.2, -0.15) is 0 Å². The molecule has 0 unspecified atom stereocenters. The maximum absolute atomic E-state index is 10.2. The van der Waals surface area contributed by atoms with Crippen LogP contribution >= 0.6 is 0 Å². The van der Waals surface area contributed by atoms with Crippen LogP contribution < -0.4 is 0 Å². The molecule has 1 heteroatoms. The molecule has 4 aliphatic rings. The van der Waals surface area contributed by atoms with E-state index in [9.17, 15) is 5.11 Å². The third kappa shape index (κ3) is 3.42. The van der Waals surface area contributed by atoms with Crippen LogP contribution in [0.1, 0.15) is 105 Å². The third-order valence-corrected chi connectivity index (χ3v) is 10.3. The molecule has 0 radical (unpaired) electrons. The molecule has 160 valence electrons. The first-order chi connectivity index (χ1) is 13.3. The summed E-state index contributed by atoms with van der Waals surface area (Å²) in [5.74, 6) is 5.46. The summed E-state index contributed by atoms with van der Waals surface area (Å²) in [4.78, 5) is 0. The Morgan fingerprint density at radius 2 is 1.79 bits per heavy atom. The fourth-order valence-corrected chi connectivity index (χ4v) is 8.67. The van der Waals surface area contributed by atoms with E-state index in [1.807, 2.05) is 0 Å². The lowest BCUT2D eigenvalue weighted by molar-refractivity contribution is -0.0573. The van der Waals surface area contributed by atoms with Gasteiger partial charge in [0, 0.05) is 0 Å². The van der Waals surface area contributed by atoms with Gasteiger partial charge in [0.05, 0.1) is 6.10 Å². The van der Waals surface area contributed by atoms with Gasteiger partial charge in [0.25, 0.3) is 0 Å². The standard InChI is InChI=1S/C27H46O/c1-18(2)7-6-8-19(3)23-11-12-24-22-10-9-20-17-21(28)13-15-26(20,4)25(22)14-16-27(23,24)5/h9,18-19,21-25,28H,6-8,10-17H2,1-5H3/t19-,21-,22+,23-,24+,25+,26-,27+/m0/s1. The largest absolute Gasteiger partial charge is 0.393 e. The molecule has 1 N–H and O–H groups in total. The van der Waals surface area contributed by atoms with E-state index in [-0.39, 0.29) is 6.10 Å². The van der Waals surface area contributed by atoms with Crippen molar-refractivity contribution in [3.8, 4) is 0 Å². The normalized spacial score (nSPS) is 46.5. The molecule has 8 atom stereocenters. The predicted molar refractivity (Wildman–Crippen MR) is 119 cm³/mol. The summed E-state index contributed by atoms with van der Waals surface area (Å²) in [6.07, 6.45) is 17.2. The molecule has 4 aliphatic carbocycles. The second-order valence-corrected chi connectivity index (χ2v) is 12.2. The Hall–Kier alpha value is -0.300. The summed E-state index contributed by atoms with van der Waals surface area (Å²) in [7, 11) is 0. The predicted octanol–water partition coefficient (Wildman–Crippen LogP) is 7.39. The maximum atomic E-state index is 10.2. The van der Waals surface area contributed by atoms with Crippen molar-refractivity contribution in [1.29, 1.82) is 0 Å². The lowest BCUT2D eigenvalue weighted by Gasteiger charge is -2.58. The average Bonchev–Trinajstić information content (AvgIpc) is 2.99. The highest BCUT2D eigenvalue weighted by atomic mass is 16.3. The van der Waals surface area contributed by atoms with Gasteiger partial charge in [-0.25, -0.2) is 0 Å². The molecule has 0 aromatic rings. The van der Waals surface area contributed by atoms with Gasteiger partial charge in [0.15, 0.2) is 0 Å². The van der Waals surface area contributed by atoms with Crippen LogP contribution in [0.4, 0.5) is 0 Å². The molecule has 1 nitrogen and oxygen atoms in total. The second kappa shape index (κ2) is 7.75. The zero-order valence-electron chi connectivity index (χ0n) is 19.3. The molecule has 28 heavy (non-hydrogen) atoms. The molecule has 0 spiro atoms. The molecular weight excluding hydrogens is 340 g/mol. The second-order valence-electron chi connectivity index (χ2n) is 12.2. The Morgan fingerprint density at radius 1 is 1.00 bits per heavy atom. The molecule has 0 bridgehead atoms. The Balaban J connectivity index is 1.49. The number of hydrogen-bond acceptors (Lipinski definition) is 1. The lowest BCUT2D eigenvalue weighted by Crippen LogP contribution is -2.50. The number of fused-ring (bicyclic) bond motifs is 5. The summed E-state index contributed by atoms with van der Waals surface area (Å²) in [5, 5.41) is 10.2. The minimum Gasteiger partial charge on any atom is -0.393 e. The van der Waals surface area contributed by atoms with Crippen molar-refractivity contribution in [3.05, 3.63) is 11.6 Å². The van der Waals surface area contributed by atoms with Crippen LogP contribution in [0.3, 0.4) is 0 Å². The monoisotopic (exact) mass is 386 g/mol. The van der Waals surface area contributed by atoms with Crippen LogP contribution in [-0.4, -0.2) is 11.2 Å². The maximum Gasteiger partial charge on any atom is 0.0577 e. The topological polar surface area (TPSA) is 20.2 Å². The zero-order chi connectivity index (χ0) is 20.1. The third-order valence-electron chi connectivity index (χ3n) is 10.3. The minimum atomic E-state index is -0.0766. The van der Waals surface area contributed by atoms with Crippen LogP contribution in [0.5, 0.6) is 0 Å². The van der Waals surface area contributed by atoms with Gasteiger partial charge in [-0.05, 0) is 97.7 Å². The van der Waals surface area contributed by atoms with E-state index in [1.165, 1.54) is 57.8 Å². The van der Waals surface area contributed by atoms with E-state index in [0.29, 0.717) is 10.8 Å². The van der Waals surface area contributed by atoms with E-state index >= 15 is 0 Å². The van der Waals surface area contributed by atoms with Gasteiger partial charge in [-0.3, -0.25) is 0 Å². The van der Waals surface area contributed by atoms with Crippen molar-refractivity contribution in [2.45, 2.75) is 111 Å². The molecule has 4 rings (SSSR count). The molecule has 0 aromatic carbocycles. The number of aliphatic hydroxyl groups excluding tert-OH is 1. The highest BCUT2D eigenvalue weighted by molar-refractivity contribution is 5.25. The van der Waals surface area contributed by atoms with Crippen LogP contribution in [0.25, 0.3) is 0 Å². The number of rotatable bonds is 5. The van der Waals surface area contributed by atoms with Gasteiger partial charge in [-0.15, -0.1) is 0 Å². The quantitative estimate of drug-likeness (QED) is 0.488. The van der Waals surface area contributed by atoms with Crippen LogP contribution in [0.2, 0.25) is 0 Å². The fourth-order valence-electron chi connectivity index (χ4n) is 8.67. The van der Waals surface area contributed by atoms with Gasteiger partial charge in [0.1, 0.15) is 0 Å². The molecule has 0 aliphatic heterocycles. The van der Waals surface area contributed by atoms with Crippen LogP contribution in [0, 0.1) is 46.3 Å². The molecule has 3 saturated carbocycles. The van der Waals surface area contributed by atoms with Crippen molar-refractivity contribution in [3.63, 3.8) is 0 Å². The highest BCUT2D eigenvalue weighted by Gasteiger charge is 2.59. The van der Waals surface area contributed by atoms with E-state index in [0.717, 1.165) is 48.3 Å². The average molecular weight is 387 g/mol. The summed E-state index contributed by atoms with van der Waals surface area (Å²) >= 11 is 0. The van der Waals surface area contributed by atoms with Crippen molar-refractivity contribution in [2.24, 2.45) is 46.3 Å². The smallest absolute Gasteiger partial charge is 0.0577 e. The molecule has 0 amide bonds. The van der Waals surface area contributed by atoms with Crippen molar-refractivity contribution in [1.82, 2.24) is 0 Å². The molecular formula is C27H46O. The minimum absolute atomic E-state index is 0.0766. The van der Waals surface area contributed by atoms with Crippen LogP contribution in [-0.2, 0) is 0 Å². The van der Waals surface area contributed by atoms with Crippen molar-refractivity contribution in [2.75, 3.05) is 0 Å². The van der Waals surface area contributed by atoms with Crippen molar-refractivity contribution < 1.29 is 5.11 Å². The van der Waals surface area contributed by atoms with Crippen LogP contribution in [0.15, 0.2) is 11.6 Å². The number of hydrogen-bond donors (Lipinski definition) is 1. The SMILES string of the molecule is CC(C)CCC[C@H](C)[C@@H]1CC[C@@H]2[C@H]3CC=C4C[C@@H](O)CC[C@]4(C)[C@@H]3CC[C@@]21C. The molecule has 0 heterocycles. The Kier molecular flexibility index (Phi) is 5.80. The number of aliphatic hydroxyl groups is 1. The zero-order valence-corrected chi connectivity index (χ0v) is 19.3. The molecule has 0 aromatic heterocycles. The highest BCUT2D eigenvalue weighted by Crippen LogP contribution is 2.67. The summed E-state index contributed by atoms with van der Waals surface area (Å²) < 4.78 is 0. The lowest BCUT2D eigenvalue weighted by atomic mass is 9.47. The fraction of sp³-hybridized carbons (Fsp3) is 0.926. The van der Waals surface area contributed by atoms with Gasteiger partial charge in [-0.1, -0.05) is 65.5 Å². The molecule has 3 fully saturated rings. The summed E-state index contributed by atoms with van der Waals surface area (Å²) in [6, 6.07) is 0. The van der Waals surface area contributed by atoms with Gasteiger partial charge >= 0.3 is 0 Å². The van der Waals surface area contributed by atoms with E-state index in [1.54, 1.807) is 5.57 Å². The first-order valence-electron chi connectivity index (χ1n) is 12.6. The Morgan fingerprint density at radius 3 is 2.54 bits per heavy atom. The Bertz CT molecular complexity index is 591. The summed E-state index contributed by atoms with van der Waals surface area (Å²) in [5.41, 5.74) is 2.60. The first-order valence-corrected chi connectivity index (χ1v) is 12.6. The summed E-state index contributed by atoms with van der Waals surface area (Å²) in [6.45, 7) is 12.6. The first kappa shape index (κ1) is 21.0. The van der Waals surface area contributed by atoms with Crippen molar-refractivity contribution >= 4 is 0 Å². The molecule has 0 saturated heterocycles.